The Morgan fingerprint density at radius 2 is 2.00 bits per heavy atom. The van der Waals surface area contributed by atoms with Crippen molar-refractivity contribution in [2.24, 2.45) is 5.92 Å². The molecule has 0 aromatic heterocycles. The van der Waals surface area contributed by atoms with Gasteiger partial charge in [0.15, 0.2) is 5.78 Å². The molecular weight excluding hydrogens is 240 g/mol. The van der Waals surface area contributed by atoms with Crippen molar-refractivity contribution in [2.45, 2.75) is 46.6 Å². The molecule has 4 heteroatoms. The van der Waals surface area contributed by atoms with E-state index in [2.05, 4.69) is 24.5 Å². The molecule has 0 aliphatic carbocycles. The van der Waals surface area contributed by atoms with E-state index in [1.165, 1.54) is 5.57 Å². The maximum atomic E-state index is 11.9. The topological polar surface area (TPSA) is 58.2 Å². The molecule has 1 saturated heterocycles. The second kappa shape index (κ2) is 7.12. The fourth-order valence-corrected chi connectivity index (χ4v) is 1.84. The van der Waals surface area contributed by atoms with Gasteiger partial charge in [-0.25, -0.2) is 0 Å². The van der Waals surface area contributed by atoms with E-state index >= 15 is 0 Å². The number of amides is 1. The van der Waals surface area contributed by atoms with Crippen LogP contribution in [0.4, 0.5) is 0 Å². The number of Topliss-reactive ketones (excluding diaryl/α,β-unsaturated/α-hetero) is 1. The second-order valence-corrected chi connectivity index (χ2v) is 5.51. The fraction of sp³-hybridized carbons (Fsp3) is 0.600. The Morgan fingerprint density at radius 1 is 1.32 bits per heavy atom. The Hall–Kier alpha value is -1.58. The first-order valence-electron chi connectivity index (χ1n) is 6.81. The van der Waals surface area contributed by atoms with Crippen LogP contribution < -0.4 is 10.6 Å². The average Bonchev–Trinajstić information content (AvgIpc) is 2.48. The van der Waals surface area contributed by atoms with Crippen molar-refractivity contribution < 1.29 is 9.59 Å². The van der Waals surface area contributed by atoms with Crippen molar-refractivity contribution in [1.29, 1.82) is 0 Å². The zero-order chi connectivity index (χ0) is 14.4. The summed E-state index contributed by atoms with van der Waals surface area (Å²) in [6.45, 7) is 8.39. The molecule has 106 valence electrons. The highest BCUT2D eigenvalue weighted by Gasteiger charge is 2.24. The first-order valence-corrected chi connectivity index (χ1v) is 6.81. The zero-order valence-electron chi connectivity index (χ0n) is 12.2. The lowest BCUT2D eigenvalue weighted by Gasteiger charge is -2.21. The van der Waals surface area contributed by atoms with Crippen LogP contribution in [0.2, 0.25) is 0 Å². The third-order valence-corrected chi connectivity index (χ3v) is 3.05. The van der Waals surface area contributed by atoms with E-state index in [1.807, 2.05) is 26.0 Å². The van der Waals surface area contributed by atoms with Gasteiger partial charge < -0.3 is 10.6 Å². The van der Waals surface area contributed by atoms with Gasteiger partial charge in [-0.05, 0) is 32.3 Å². The van der Waals surface area contributed by atoms with E-state index < -0.39 is 0 Å². The summed E-state index contributed by atoms with van der Waals surface area (Å²) in [5.74, 6) is 0.314. The van der Waals surface area contributed by atoms with Gasteiger partial charge in [-0.1, -0.05) is 25.5 Å². The molecule has 0 aromatic carbocycles. The lowest BCUT2D eigenvalue weighted by atomic mass is 10.1. The SMILES string of the molecule is CC(C)=C/C=C(/NC1CCC(=O)CNC1=O)C(C)C. The first-order chi connectivity index (χ1) is 8.90. The average molecular weight is 264 g/mol. The van der Waals surface area contributed by atoms with Crippen molar-refractivity contribution in [3.63, 3.8) is 0 Å². The summed E-state index contributed by atoms with van der Waals surface area (Å²) in [5.41, 5.74) is 2.23. The lowest BCUT2D eigenvalue weighted by molar-refractivity contribution is -0.124. The van der Waals surface area contributed by atoms with Crippen LogP contribution >= 0.6 is 0 Å². The van der Waals surface area contributed by atoms with E-state index in [1.54, 1.807) is 0 Å². The van der Waals surface area contributed by atoms with E-state index in [0.29, 0.717) is 18.8 Å². The number of carbonyl (C=O) groups is 2. The van der Waals surface area contributed by atoms with Crippen molar-refractivity contribution in [3.05, 3.63) is 23.4 Å². The third-order valence-electron chi connectivity index (χ3n) is 3.05. The second-order valence-electron chi connectivity index (χ2n) is 5.51. The summed E-state index contributed by atoms with van der Waals surface area (Å²) in [5, 5.41) is 5.93. The third kappa shape index (κ3) is 5.28. The number of hydrogen-bond donors (Lipinski definition) is 2. The highest BCUT2D eigenvalue weighted by Crippen LogP contribution is 2.12. The number of rotatable bonds is 4. The molecule has 0 aromatic rings. The summed E-state index contributed by atoms with van der Waals surface area (Å²) in [6, 6.07) is -0.314. The van der Waals surface area contributed by atoms with Crippen molar-refractivity contribution in [2.75, 3.05) is 6.54 Å². The minimum atomic E-state index is -0.314. The molecule has 4 nitrogen and oxygen atoms in total. The molecule has 19 heavy (non-hydrogen) atoms. The van der Waals surface area contributed by atoms with Gasteiger partial charge in [0.2, 0.25) is 5.91 Å². The van der Waals surface area contributed by atoms with E-state index in [0.717, 1.165) is 5.70 Å². The molecule has 1 fully saturated rings. The van der Waals surface area contributed by atoms with Crippen LogP contribution in [-0.4, -0.2) is 24.3 Å². The van der Waals surface area contributed by atoms with Gasteiger partial charge in [-0.15, -0.1) is 0 Å². The Balaban J connectivity index is 2.78. The smallest absolute Gasteiger partial charge is 0.242 e. The highest BCUT2D eigenvalue weighted by atomic mass is 16.2. The maximum Gasteiger partial charge on any atom is 0.242 e. The quantitative estimate of drug-likeness (QED) is 0.763. The molecule has 1 aliphatic rings. The fourth-order valence-electron chi connectivity index (χ4n) is 1.84. The molecule has 2 N–H and O–H groups in total. The molecule has 0 bridgehead atoms. The number of ketones is 1. The van der Waals surface area contributed by atoms with Gasteiger partial charge in [0, 0.05) is 12.1 Å². The van der Waals surface area contributed by atoms with Crippen LogP contribution in [0.1, 0.15) is 40.5 Å². The Bertz CT molecular complexity index is 404. The van der Waals surface area contributed by atoms with Crippen LogP contribution in [0.3, 0.4) is 0 Å². The molecule has 1 unspecified atom stereocenters. The number of allylic oxidation sites excluding steroid dienone is 4. The van der Waals surface area contributed by atoms with E-state index in [-0.39, 0.29) is 24.3 Å². The summed E-state index contributed by atoms with van der Waals surface area (Å²) in [4.78, 5) is 23.2. The highest BCUT2D eigenvalue weighted by molar-refractivity contribution is 5.91. The van der Waals surface area contributed by atoms with Crippen LogP contribution in [0.25, 0.3) is 0 Å². The summed E-state index contributed by atoms with van der Waals surface area (Å²) in [6.07, 6.45) is 5.05. The minimum Gasteiger partial charge on any atom is -0.377 e. The molecule has 0 saturated carbocycles. The maximum absolute atomic E-state index is 11.9. The molecule has 1 aliphatic heterocycles. The van der Waals surface area contributed by atoms with E-state index in [9.17, 15) is 9.59 Å². The summed E-state index contributed by atoms with van der Waals surface area (Å²) in [7, 11) is 0. The monoisotopic (exact) mass is 264 g/mol. The lowest BCUT2D eigenvalue weighted by Crippen LogP contribution is -2.43. The Morgan fingerprint density at radius 3 is 2.58 bits per heavy atom. The molecule has 1 atom stereocenters. The molecule has 1 amide bonds. The summed E-state index contributed by atoms with van der Waals surface area (Å²) >= 11 is 0. The molecule has 0 radical (unpaired) electrons. The van der Waals surface area contributed by atoms with Gasteiger partial charge in [0.05, 0.1) is 6.54 Å². The van der Waals surface area contributed by atoms with Gasteiger partial charge in [0.25, 0.3) is 0 Å². The Kier molecular flexibility index (Phi) is 5.80. The molecule has 1 heterocycles. The standard InChI is InChI=1S/C15H24N2O2/c1-10(2)5-7-13(11(3)4)17-14-8-6-12(18)9-16-15(14)19/h5,7,11,14,17H,6,8-9H2,1-4H3,(H,16,19)/b13-7+. The van der Waals surface area contributed by atoms with E-state index in [4.69, 9.17) is 0 Å². The molecule has 1 rings (SSSR count). The number of carbonyl (C=O) groups excluding carboxylic acids is 2. The van der Waals surface area contributed by atoms with Crippen molar-refractivity contribution >= 4 is 11.7 Å². The van der Waals surface area contributed by atoms with Gasteiger partial charge in [-0.2, -0.15) is 0 Å². The zero-order valence-corrected chi connectivity index (χ0v) is 12.2. The molecular formula is C15H24N2O2. The Labute approximate surface area is 115 Å². The van der Waals surface area contributed by atoms with Crippen LogP contribution in [0.5, 0.6) is 0 Å². The molecule has 0 spiro atoms. The van der Waals surface area contributed by atoms with Crippen LogP contribution in [0, 0.1) is 5.92 Å². The van der Waals surface area contributed by atoms with Gasteiger partial charge in [0.1, 0.15) is 6.04 Å². The summed E-state index contributed by atoms with van der Waals surface area (Å²) < 4.78 is 0. The number of hydrogen-bond acceptors (Lipinski definition) is 3. The van der Waals surface area contributed by atoms with Crippen molar-refractivity contribution in [1.82, 2.24) is 10.6 Å². The van der Waals surface area contributed by atoms with Gasteiger partial charge in [-0.3, -0.25) is 9.59 Å². The van der Waals surface area contributed by atoms with Crippen LogP contribution in [0.15, 0.2) is 23.4 Å². The largest absolute Gasteiger partial charge is 0.377 e. The first kappa shape index (κ1) is 15.5. The normalized spacial score (nSPS) is 20.9. The number of nitrogens with one attached hydrogen (secondary N) is 2. The minimum absolute atomic E-state index is 0.0883. The van der Waals surface area contributed by atoms with Crippen molar-refractivity contribution in [3.8, 4) is 0 Å². The van der Waals surface area contributed by atoms with Gasteiger partial charge >= 0.3 is 0 Å². The predicted molar refractivity (Wildman–Crippen MR) is 76.5 cm³/mol. The predicted octanol–water partition coefficient (Wildman–Crippen LogP) is 1.93. The van der Waals surface area contributed by atoms with Crippen LogP contribution in [-0.2, 0) is 9.59 Å².